The molecule has 0 aliphatic rings. The normalized spacial score (nSPS) is 10.5. The SMILES string of the molecule is CN(CCc1ccc2[nH]c(=O)[nH]c2c1)C(=O)C=O. The minimum atomic E-state index is -0.536. The van der Waals surface area contributed by atoms with Crippen LogP contribution in [-0.4, -0.2) is 40.7 Å². The van der Waals surface area contributed by atoms with E-state index in [-0.39, 0.29) is 5.69 Å². The molecule has 2 aromatic rings. The number of benzene rings is 1. The molecule has 2 rings (SSSR count). The Morgan fingerprint density at radius 3 is 2.78 bits per heavy atom. The molecular formula is C12H13N3O3. The Labute approximate surface area is 103 Å². The number of rotatable bonds is 4. The number of aldehydes is 1. The van der Waals surface area contributed by atoms with Crippen molar-refractivity contribution < 1.29 is 9.59 Å². The van der Waals surface area contributed by atoms with Gasteiger partial charge < -0.3 is 14.9 Å². The highest BCUT2D eigenvalue weighted by Gasteiger charge is 2.07. The Hall–Kier alpha value is -2.37. The number of hydrogen-bond donors (Lipinski definition) is 2. The number of nitrogens with zero attached hydrogens (tertiary/aromatic N) is 1. The van der Waals surface area contributed by atoms with Gasteiger partial charge in [-0.1, -0.05) is 6.07 Å². The van der Waals surface area contributed by atoms with E-state index in [0.29, 0.717) is 19.3 Å². The van der Waals surface area contributed by atoms with Gasteiger partial charge in [0.1, 0.15) is 0 Å². The first kappa shape index (κ1) is 12.1. The van der Waals surface area contributed by atoms with Gasteiger partial charge in [0.05, 0.1) is 11.0 Å². The fraction of sp³-hybridized carbons (Fsp3) is 0.250. The van der Waals surface area contributed by atoms with Crippen LogP contribution < -0.4 is 5.69 Å². The second kappa shape index (κ2) is 4.87. The molecule has 0 fully saturated rings. The molecule has 0 bridgehead atoms. The molecule has 0 saturated carbocycles. The summed E-state index contributed by atoms with van der Waals surface area (Å²) in [5.41, 5.74) is 2.24. The Morgan fingerprint density at radius 2 is 2.06 bits per heavy atom. The molecule has 18 heavy (non-hydrogen) atoms. The van der Waals surface area contributed by atoms with Crippen LogP contribution in [0.3, 0.4) is 0 Å². The molecule has 0 atom stereocenters. The number of carbonyl (C=O) groups is 2. The lowest BCUT2D eigenvalue weighted by Gasteiger charge is -2.13. The molecule has 6 heteroatoms. The largest absolute Gasteiger partial charge is 0.339 e. The zero-order chi connectivity index (χ0) is 13.1. The lowest BCUT2D eigenvalue weighted by Crippen LogP contribution is -2.29. The van der Waals surface area contributed by atoms with E-state index < -0.39 is 5.91 Å². The first-order chi connectivity index (χ1) is 8.60. The zero-order valence-electron chi connectivity index (χ0n) is 9.90. The molecule has 0 aliphatic heterocycles. The maximum atomic E-state index is 11.1. The minimum Gasteiger partial charge on any atom is -0.339 e. The molecule has 0 unspecified atom stereocenters. The standard InChI is InChI=1S/C12H13N3O3/c1-15(11(17)7-16)5-4-8-2-3-9-10(6-8)14-12(18)13-9/h2-3,6-7H,4-5H2,1H3,(H2,13,14,18). The molecule has 6 nitrogen and oxygen atoms in total. The summed E-state index contributed by atoms with van der Waals surface area (Å²) in [6.07, 6.45) is 0.923. The van der Waals surface area contributed by atoms with Crippen molar-refractivity contribution in [3.63, 3.8) is 0 Å². The van der Waals surface area contributed by atoms with Gasteiger partial charge in [-0.25, -0.2) is 4.79 Å². The third kappa shape index (κ3) is 2.48. The highest BCUT2D eigenvalue weighted by atomic mass is 16.2. The molecule has 1 aromatic heterocycles. The number of hydrogen-bond acceptors (Lipinski definition) is 3. The summed E-state index contributed by atoms with van der Waals surface area (Å²) < 4.78 is 0. The van der Waals surface area contributed by atoms with Crippen molar-refractivity contribution in [3.8, 4) is 0 Å². The van der Waals surface area contributed by atoms with Gasteiger partial charge in [-0.15, -0.1) is 0 Å². The van der Waals surface area contributed by atoms with Gasteiger partial charge in [-0.3, -0.25) is 9.59 Å². The predicted molar refractivity (Wildman–Crippen MR) is 66.3 cm³/mol. The monoisotopic (exact) mass is 247 g/mol. The second-order valence-corrected chi connectivity index (χ2v) is 4.09. The average Bonchev–Trinajstić information content (AvgIpc) is 2.74. The highest BCUT2D eigenvalue weighted by molar-refractivity contribution is 6.23. The zero-order valence-corrected chi connectivity index (χ0v) is 9.90. The Bertz CT molecular complexity index is 641. The summed E-state index contributed by atoms with van der Waals surface area (Å²) in [5, 5.41) is 0. The molecule has 0 radical (unpaired) electrons. The van der Waals surface area contributed by atoms with Crippen molar-refractivity contribution in [3.05, 3.63) is 34.2 Å². The first-order valence-electron chi connectivity index (χ1n) is 5.51. The Balaban J connectivity index is 2.10. The molecule has 2 N–H and O–H groups in total. The third-order valence-electron chi connectivity index (χ3n) is 2.79. The molecule has 0 aliphatic carbocycles. The van der Waals surface area contributed by atoms with Gasteiger partial charge in [0.2, 0.25) is 6.29 Å². The topological polar surface area (TPSA) is 86.0 Å². The summed E-state index contributed by atoms with van der Waals surface area (Å²) in [5.74, 6) is -0.536. The van der Waals surface area contributed by atoms with Gasteiger partial charge >= 0.3 is 5.69 Å². The van der Waals surface area contributed by atoms with Crippen LogP contribution in [0, 0.1) is 0 Å². The van der Waals surface area contributed by atoms with Gasteiger partial charge in [-0.05, 0) is 24.1 Å². The number of aromatic nitrogens is 2. The van der Waals surface area contributed by atoms with E-state index in [2.05, 4.69) is 9.97 Å². The van der Waals surface area contributed by atoms with Crippen LogP contribution in [0.25, 0.3) is 11.0 Å². The fourth-order valence-corrected chi connectivity index (χ4v) is 1.73. The van der Waals surface area contributed by atoms with Crippen molar-refractivity contribution in [2.75, 3.05) is 13.6 Å². The summed E-state index contributed by atoms with van der Waals surface area (Å²) in [6, 6.07) is 5.54. The van der Waals surface area contributed by atoms with Crippen molar-refractivity contribution >= 4 is 23.2 Å². The van der Waals surface area contributed by atoms with Crippen molar-refractivity contribution in [2.45, 2.75) is 6.42 Å². The number of fused-ring (bicyclic) bond motifs is 1. The minimum absolute atomic E-state index is 0.240. The number of imidazole rings is 1. The fourth-order valence-electron chi connectivity index (χ4n) is 1.73. The quantitative estimate of drug-likeness (QED) is 0.591. The number of H-pyrrole nitrogens is 2. The van der Waals surface area contributed by atoms with Crippen LogP contribution in [0.15, 0.2) is 23.0 Å². The number of carbonyl (C=O) groups excluding carboxylic acids is 2. The third-order valence-corrected chi connectivity index (χ3v) is 2.79. The van der Waals surface area contributed by atoms with E-state index in [0.717, 1.165) is 16.6 Å². The molecular weight excluding hydrogens is 234 g/mol. The van der Waals surface area contributed by atoms with E-state index in [1.54, 1.807) is 7.05 Å². The maximum absolute atomic E-state index is 11.1. The number of nitrogens with one attached hydrogen (secondary N) is 2. The first-order valence-corrected chi connectivity index (χ1v) is 5.51. The number of likely N-dealkylation sites (N-methyl/N-ethyl adjacent to an activating group) is 1. The van der Waals surface area contributed by atoms with Gasteiger partial charge in [0.25, 0.3) is 5.91 Å². The smallest absolute Gasteiger partial charge is 0.323 e. The molecule has 1 amide bonds. The maximum Gasteiger partial charge on any atom is 0.323 e. The molecule has 1 aromatic carbocycles. The average molecular weight is 247 g/mol. The van der Waals surface area contributed by atoms with Crippen LogP contribution in [0.5, 0.6) is 0 Å². The van der Waals surface area contributed by atoms with E-state index in [9.17, 15) is 14.4 Å². The van der Waals surface area contributed by atoms with Gasteiger partial charge in [0, 0.05) is 13.6 Å². The van der Waals surface area contributed by atoms with Gasteiger partial charge in [-0.2, -0.15) is 0 Å². The highest BCUT2D eigenvalue weighted by Crippen LogP contribution is 2.10. The molecule has 94 valence electrons. The number of amides is 1. The van der Waals surface area contributed by atoms with E-state index in [4.69, 9.17) is 0 Å². The summed E-state index contributed by atoms with van der Waals surface area (Å²) in [7, 11) is 1.58. The van der Waals surface area contributed by atoms with E-state index in [1.807, 2.05) is 18.2 Å². The van der Waals surface area contributed by atoms with E-state index in [1.165, 1.54) is 4.90 Å². The predicted octanol–water partition coefficient (Wildman–Crippen LogP) is 0.0560. The van der Waals surface area contributed by atoms with Crippen LogP contribution in [0.4, 0.5) is 0 Å². The summed E-state index contributed by atoms with van der Waals surface area (Å²) in [4.78, 5) is 39.1. The number of aromatic amines is 2. The van der Waals surface area contributed by atoms with Crippen molar-refractivity contribution in [1.82, 2.24) is 14.9 Å². The van der Waals surface area contributed by atoms with Crippen molar-refractivity contribution in [2.24, 2.45) is 0 Å². The molecule has 0 spiro atoms. The molecule has 0 saturated heterocycles. The van der Waals surface area contributed by atoms with Crippen molar-refractivity contribution in [1.29, 1.82) is 0 Å². The lowest BCUT2D eigenvalue weighted by atomic mass is 10.1. The Morgan fingerprint density at radius 1 is 1.33 bits per heavy atom. The summed E-state index contributed by atoms with van der Waals surface area (Å²) in [6.45, 7) is 0.456. The van der Waals surface area contributed by atoms with Crippen LogP contribution in [0.1, 0.15) is 5.56 Å². The van der Waals surface area contributed by atoms with Crippen LogP contribution in [0.2, 0.25) is 0 Å². The molecule has 1 heterocycles. The Kier molecular flexibility index (Phi) is 3.27. The van der Waals surface area contributed by atoms with E-state index >= 15 is 0 Å². The van der Waals surface area contributed by atoms with Crippen LogP contribution in [-0.2, 0) is 16.0 Å². The lowest BCUT2D eigenvalue weighted by molar-refractivity contribution is -0.137. The second-order valence-electron chi connectivity index (χ2n) is 4.09. The van der Waals surface area contributed by atoms with Gasteiger partial charge in [0.15, 0.2) is 0 Å². The van der Waals surface area contributed by atoms with Crippen LogP contribution >= 0.6 is 0 Å². The summed E-state index contributed by atoms with van der Waals surface area (Å²) >= 11 is 0.